The third-order valence-electron chi connectivity index (χ3n) is 2.42. The van der Waals surface area contributed by atoms with Gasteiger partial charge in [0.1, 0.15) is 17.3 Å². The molecular formula is C14H13ClFN5O. The number of nitrogens with zero attached hydrogens (tertiary/aromatic N) is 2. The predicted molar refractivity (Wildman–Crippen MR) is 85.0 cm³/mol. The van der Waals surface area contributed by atoms with E-state index in [0.29, 0.717) is 22.2 Å². The molecule has 0 fully saturated rings. The molecule has 114 valence electrons. The molecule has 2 aromatic rings. The molecule has 0 aliphatic rings. The monoisotopic (exact) mass is 321 g/mol. The van der Waals surface area contributed by atoms with Crippen molar-refractivity contribution in [3.63, 3.8) is 0 Å². The van der Waals surface area contributed by atoms with Gasteiger partial charge >= 0.3 is 0 Å². The van der Waals surface area contributed by atoms with Crippen molar-refractivity contribution in [2.75, 3.05) is 0 Å². The second-order valence-electron chi connectivity index (χ2n) is 4.18. The summed E-state index contributed by atoms with van der Waals surface area (Å²) < 4.78 is 18.8. The zero-order valence-electron chi connectivity index (χ0n) is 11.3. The Balaban J connectivity index is 2.38. The molecule has 0 bridgehead atoms. The fraction of sp³-hybridized carbons (Fsp3) is 0. The Labute approximate surface area is 131 Å². The molecular weight excluding hydrogens is 309 g/mol. The van der Waals surface area contributed by atoms with E-state index in [1.807, 2.05) is 0 Å². The van der Waals surface area contributed by atoms with E-state index in [9.17, 15) is 4.39 Å². The number of benzene rings is 2. The van der Waals surface area contributed by atoms with E-state index in [1.165, 1.54) is 24.3 Å². The van der Waals surface area contributed by atoms with Gasteiger partial charge in [-0.15, -0.1) is 0 Å². The van der Waals surface area contributed by atoms with Crippen molar-refractivity contribution in [3.8, 4) is 11.5 Å². The zero-order chi connectivity index (χ0) is 16.1. The molecule has 6 nitrogen and oxygen atoms in total. The van der Waals surface area contributed by atoms with Crippen LogP contribution < -0.4 is 21.9 Å². The molecule has 0 aliphatic heterocycles. The number of nitrogens with two attached hydrogens (primary N) is 3. The summed E-state index contributed by atoms with van der Waals surface area (Å²) >= 11 is 5.92. The van der Waals surface area contributed by atoms with Crippen LogP contribution in [-0.2, 0) is 0 Å². The van der Waals surface area contributed by atoms with Gasteiger partial charge in [-0.25, -0.2) is 9.38 Å². The number of ether oxygens (including phenoxy) is 1. The molecule has 0 spiro atoms. The maximum atomic E-state index is 13.2. The van der Waals surface area contributed by atoms with Crippen molar-refractivity contribution in [1.29, 1.82) is 0 Å². The fourth-order valence-corrected chi connectivity index (χ4v) is 1.77. The minimum absolute atomic E-state index is 0.161. The van der Waals surface area contributed by atoms with Crippen molar-refractivity contribution in [2.24, 2.45) is 27.2 Å². The van der Waals surface area contributed by atoms with E-state index >= 15 is 0 Å². The number of hydrogen-bond acceptors (Lipinski definition) is 2. The van der Waals surface area contributed by atoms with Gasteiger partial charge in [0, 0.05) is 11.1 Å². The lowest BCUT2D eigenvalue weighted by Gasteiger charge is -2.09. The second-order valence-corrected chi connectivity index (χ2v) is 4.61. The SMILES string of the molecule is NC(N)=NC(N)=Nc1cc(Cl)ccc1Oc1cccc(F)c1. The topological polar surface area (TPSA) is 112 Å². The summed E-state index contributed by atoms with van der Waals surface area (Å²) in [4.78, 5) is 7.63. The molecule has 2 rings (SSSR count). The van der Waals surface area contributed by atoms with Gasteiger partial charge in [0.05, 0.1) is 0 Å². The summed E-state index contributed by atoms with van der Waals surface area (Å²) in [6.45, 7) is 0. The molecule has 6 N–H and O–H groups in total. The lowest BCUT2D eigenvalue weighted by molar-refractivity contribution is 0.478. The van der Waals surface area contributed by atoms with Gasteiger partial charge < -0.3 is 21.9 Å². The number of halogens is 2. The van der Waals surface area contributed by atoms with E-state index in [0.717, 1.165) is 0 Å². The summed E-state index contributed by atoms with van der Waals surface area (Å²) in [7, 11) is 0. The first-order valence-electron chi connectivity index (χ1n) is 6.11. The van der Waals surface area contributed by atoms with Gasteiger partial charge in [-0.2, -0.15) is 4.99 Å². The Kier molecular flexibility index (Phi) is 4.80. The highest BCUT2D eigenvalue weighted by Gasteiger charge is 2.07. The van der Waals surface area contributed by atoms with Gasteiger partial charge in [-0.1, -0.05) is 17.7 Å². The summed E-state index contributed by atoms with van der Waals surface area (Å²) in [6.07, 6.45) is 0. The van der Waals surface area contributed by atoms with Crippen LogP contribution in [0.15, 0.2) is 52.4 Å². The Bertz CT molecular complexity index is 744. The molecule has 8 heteroatoms. The van der Waals surface area contributed by atoms with Crippen LogP contribution in [0.1, 0.15) is 0 Å². The molecule has 0 atom stereocenters. The van der Waals surface area contributed by atoms with Gasteiger partial charge in [0.2, 0.25) is 5.96 Å². The van der Waals surface area contributed by atoms with E-state index in [4.69, 9.17) is 33.5 Å². The first-order valence-corrected chi connectivity index (χ1v) is 6.48. The summed E-state index contributed by atoms with van der Waals surface area (Å²) in [5.41, 5.74) is 16.3. The molecule has 0 saturated heterocycles. The van der Waals surface area contributed by atoms with Gasteiger partial charge in [-0.3, -0.25) is 0 Å². The average molecular weight is 322 g/mol. The van der Waals surface area contributed by atoms with Crippen molar-refractivity contribution >= 4 is 29.2 Å². The normalized spacial score (nSPS) is 11.1. The molecule has 22 heavy (non-hydrogen) atoms. The second kappa shape index (κ2) is 6.77. The first kappa shape index (κ1) is 15.6. The molecule has 0 heterocycles. The Morgan fingerprint density at radius 2 is 1.86 bits per heavy atom. The smallest absolute Gasteiger partial charge is 0.223 e. The average Bonchev–Trinajstić information content (AvgIpc) is 2.41. The lowest BCUT2D eigenvalue weighted by atomic mass is 10.3. The van der Waals surface area contributed by atoms with E-state index < -0.39 is 5.82 Å². The Morgan fingerprint density at radius 3 is 2.55 bits per heavy atom. The molecule has 0 unspecified atom stereocenters. The lowest BCUT2D eigenvalue weighted by Crippen LogP contribution is -2.26. The van der Waals surface area contributed by atoms with Gasteiger partial charge in [0.25, 0.3) is 0 Å². The Hall–Kier alpha value is -2.80. The van der Waals surface area contributed by atoms with Crippen LogP contribution in [0.25, 0.3) is 0 Å². The standard InChI is InChI=1S/C14H13ClFN5O/c15-8-4-5-12(22-10-3-1-2-9(16)7-10)11(6-8)20-14(19)21-13(17)18/h1-7H,(H6,17,18,19,20,21). The van der Waals surface area contributed by atoms with Crippen LogP contribution in [-0.4, -0.2) is 11.9 Å². The maximum absolute atomic E-state index is 13.2. The van der Waals surface area contributed by atoms with Crippen molar-refractivity contribution in [2.45, 2.75) is 0 Å². The minimum atomic E-state index is -0.420. The molecule has 0 amide bonds. The number of guanidine groups is 2. The zero-order valence-corrected chi connectivity index (χ0v) is 12.1. The number of hydrogen-bond donors (Lipinski definition) is 3. The molecule has 0 aromatic heterocycles. The minimum Gasteiger partial charge on any atom is -0.455 e. The van der Waals surface area contributed by atoms with Gasteiger partial charge in [-0.05, 0) is 30.3 Å². The van der Waals surface area contributed by atoms with E-state index in [-0.39, 0.29) is 11.9 Å². The van der Waals surface area contributed by atoms with E-state index in [2.05, 4.69) is 9.98 Å². The largest absolute Gasteiger partial charge is 0.455 e. The highest BCUT2D eigenvalue weighted by atomic mass is 35.5. The summed E-state index contributed by atoms with van der Waals surface area (Å²) in [6, 6.07) is 10.4. The van der Waals surface area contributed by atoms with E-state index in [1.54, 1.807) is 18.2 Å². The first-order chi connectivity index (χ1) is 10.4. The highest BCUT2D eigenvalue weighted by Crippen LogP contribution is 2.34. The van der Waals surface area contributed by atoms with Crippen LogP contribution in [0.5, 0.6) is 11.5 Å². The van der Waals surface area contributed by atoms with Crippen LogP contribution >= 0.6 is 11.6 Å². The summed E-state index contributed by atoms with van der Waals surface area (Å²) in [5.74, 6) is -0.179. The molecule has 0 aliphatic carbocycles. The highest BCUT2D eigenvalue weighted by molar-refractivity contribution is 6.30. The Morgan fingerprint density at radius 1 is 1.09 bits per heavy atom. The molecule has 0 radical (unpaired) electrons. The summed E-state index contributed by atoms with van der Waals surface area (Å²) in [5, 5.41) is 0.419. The van der Waals surface area contributed by atoms with Crippen molar-refractivity contribution < 1.29 is 9.13 Å². The van der Waals surface area contributed by atoms with Crippen molar-refractivity contribution in [1.82, 2.24) is 0 Å². The van der Waals surface area contributed by atoms with Crippen LogP contribution in [0.3, 0.4) is 0 Å². The maximum Gasteiger partial charge on any atom is 0.223 e. The van der Waals surface area contributed by atoms with Crippen LogP contribution in [0.2, 0.25) is 5.02 Å². The molecule has 0 saturated carbocycles. The van der Waals surface area contributed by atoms with Gasteiger partial charge in [0.15, 0.2) is 11.7 Å². The van der Waals surface area contributed by atoms with Crippen LogP contribution in [0, 0.1) is 5.82 Å². The number of aliphatic imine (C=N–C) groups is 2. The van der Waals surface area contributed by atoms with Crippen molar-refractivity contribution in [3.05, 3.63) is 53.3 Å². The predicted octanol–water partition coefficient (Wildman–Crippen LogP) is 2.49. The van der Waals surface area contributed by atoms with Crippen LogP contribution in [0.4, 0.5) is 10.1 Å². The fourth-order valence-electron chi connectivity index (χ4n) is 1.60. The molecule has 2 aromatic carbocycles. The third kappa shape index (κ3) is 4.35. The number of rotatable bonds is 3. The quantitative estimate of drug-likeness (QED) is 0.595. The third-order valence-corrected chi connectivity index (χ3v) is 2.66.